The summed E-state index contributed by atoms with van der Waals surface area (Å²) in [6.07, 6.45) is -3.72. The van der Waals surface area contributed by atoms with Gasteiger partial charge in [-0.05, 0) is 18.2 Å². The molecule has 1 aromatic carbocycles. The Hall–Kier alpha value is -1.76. The summed E-state index contributed by atoms with van der Waals surface area (Å²) in [5, 5.41) is 0. The number of alkyl halides is 3. The average Bonchev–Trinajstić information content (AvgIpc) is 2.36. The van der Waals surface area contributed by atoms with Gasteiger partial charge in [0.05, 0.1) is 13.7 Å². The van der Waals surface area contributed by atoms with Crippen molar-refractivity contribution in [2.24, 2.45) is 0 Å². The highest BCUT2D eigenvalue weighted by molar-refractivity contribution is 5.76. The van der Waals surface area contributed by atoms with Gasteiger partial charge in [-0.3, -0.25) is 4.79 Å². The molecule has 0 fully saturated rings. The van der Waals surface area contributed by atoms with Gasteiger partial charge >= 0.3 is 6.18 Å². The number of halogens is 3. The molecule has 0 aromatic heterocycles. The van der Waals surface area contributed by atoms with E-state index in [-0.39, 0.29) is 19.0 Å². The summed E-state index contributed by atoms with van der Waals surface area (Å²) in [5.74, 6) is 0.670. The molecule has 0 radical (unpaired) electrons. The molecule has 0 amide bonds. The molecule has 0 atom stereocenters. The van der Waals surface area contributed by atoms with Crippen LogP contribution >= 0.6 is 0 Å². The zero-order chi connectivity index (χ0) is 14.3. The van der Waals surface area contributed by atoms with Crippen LogP contribution in [0.25, 0.3) is 0 Å². The molecule has 0 spiro atoms. The largest absolute Gasteiger partial charge is 0.493 e. The van der Waals surface area contributed by atoms with Crippen molar-refractivity contribution in [3.05, 3.63) is 23.8 Å². The Balaban J connectivity index is 2.46. The zero-order valence-electron chi connectivity index (χ0n) is 10.2. The fourth-order valence-electron chi connectivity index (χ4n) is 1.28. The van der Waals surface area contributed by atoms with Crippen LogP contribution in [-0.4, -0.2) is 39.4 Å². The van der Waals surface area contributed by atoms with E-state index in [1.807, 2.05) is 0 Å². The van der Waals surface area contributed by atoms with E-state index in [1.165, 1.54) is 19.2 Å². The van der Waals surface area contributed by atoms with Crippen molar-refractivity contribution in [3.63, 3.8) is 0 Å². The van der Waals surface area contributed by atoms with Crippen LogP contribution in [0, 0.1) is 0 Å². The van der Waals surface area contributed by atoms with Gasteiger partial charge in [0.25, 0.3) is 0 Å². The normalized spacial score (nSPS) is 11.2. The van der Waals surface area contributed by atoms with Gasteiger partial charge in [0.15, 0.2) is 11.5 Å². The van der Waals surface area contributed by atoms with E-state index in [1.54, 1.807) is 6.07 Å². The number of hydrogen-bond donors (Lipinski definition) is 0. The quantitative estimate of drug-likeness (QED) is 0.567. The topological polar surface area (TPSA) is 44.8 Å². The van der Waals surface area contributed by atoms with Gasteiger partial charge in [0.1, 0.15) is 19.5 Å². The van der Waals surface area contributed by atoms with Crippen molar-refractivity contribution in [2.75, 3.05) is 26.9 Å². The lowest BCUT2D eigenvalue weighted by molar-refractivity contribution is -0.175. The Kier molecular flexibility index (Phi) is 5.62. The first kappa shape index (κ1) is 15.3. The van der Waals surface area contributed by atoms with Gasteiger partial charge in [-0.25, -0.2) is 0 Å². The van der Waals surface area contributed by atoms with E-state index in [9.17, 15) is 18.0 Å². The molecule has 7 heteroatoms. The Morgan fingerprint density at radius 2 is 1.95 bits per heavy atom. The average molecular weight is 278 g/mol. The predicted molar refractivity (Wildman–Crippen MR) is 60.8 cm³/mol. The number of rotatable bonds is 7. The summed E-state index contributed by atoms with van der Waals surface area (Å²) >= 11 is 0. The minimum Gasteiger partial charge on any atom is -0.493 e. The molecule has 0 saturated carbocycles. The summed E-state index contributed by atoms with van der Waals surface area (Å²) < 4.78 is 50.0. The lowest BCUT2D eigenvalue weighted by atomic mass is 10.2. The highest BCUT2D eigenvalue weighted by atomic mass is 19.4. The van der Waals surface area contributed by atoms with Crippen LogP contribution < -0.4 is 9.47 Å². The van der Waals surface area contributed by atoms with E-state index in [0.29, 0.717) is 17.6 Å². The minimum absolute atomic E-state index is 0.0747. The van der Waals surface area contributed by atoms with Crippen molar-refractivity contribution in [1.29, 1.82) is 0 Å². The Morgan fingerprint density at radius 1 is 1.21 bits per heavy atom. The number of aldehydes is 1. The SMILES string of the molecule is COc1ccc(C=O)cc1OCCOCC(F)(F)F. The minimum atomic E-state index is -4.35. The first-order valence-electron chi connectivity index (χ1n) is 5.37. The van der Waals surface area contributed by atoms with E-state index in [0.717, 1.165) is 0 Å². The van der Waals surface area contributed by atoms with Crippen molar-refractivity contribution < 1.29 is 32.2 Å². The van der Waals surface area contributed by atoms with Gasteiger partial charge in [0, 0.05) is 5.56 Å². The maximum absolute atomic E-state index is 11.8. The molecule has 106 valence electrons. The van der Waals surface area contributed by atoms with Crippen molar-refractivity contribution in [3.8, 4) is 11.5 Å². The Bertz CT molecular complexity index is 418. The third-order valence-corrected chi connectivity index (χ3v) is 2.07. The first-order chi connectivity index (χ1) is 8.96. The van der Waals surface area contributed by atoms with E-state index in [4.69, 9.17) is 9.47 Å². The van der Waals surface area contributed by atoms with Crippen LogP contribution in [0.4, 0.5) is 13.2 Å². The molecule has 1 rings (SSSR count). The molecule has 0 N–H and O–H groups in total. The molecule has 0 aliphatic heterocycles. The molecule has 1 aromatic rings. The lowest BCUT2D eigenvalue weighted by Crippen LogP contribution is -2.19. The Morgan fingerprint density at radius 3 is 2.53 bits per heavy atom. The van der Waals surface area contributed by atoms with Crippen LogP contribution in [0.3, 0.4) is 0 Å². The lowest BCUT2D eigenvalue weighted by Gasteiger charge is -2.12. The number of ether oxygens (including phenoxy) is 3. The van der Waals surface area contributed by atoms with E-state index < -0.39 is 12.8 Å². The molecule has 0 saturated heterocycles. The van der Waals surface area contributed by atoms with E-state index >= 15 is 0 Å². The highest BCUT2D eigenvalue weighted by Gasteiger charge is 2.27. The standard InChI is InChI=1S/C12H13F3O4/c1-17-10-3-2-9(7-16)6-11(10)19-5-4-18-8-12(13,14)15/h2-3,6-7H,4-5,8H2,1H3. The van der Waals surface area contributed by atoms with Crippen molar-refractivity contribution in [2.45, 2.75) is 6.18 Å². The number of benzene rings is 1. The molecule has 19 heavy (non-hydrogen) atoms. The second kappa shape index (κ2) is 6.98. The second-order valence-corrected chi connectivity index (χ2v) is 3.54. The van der Waals surface area contributed by atoms with Crippen LogP contribution in [0.15, 0.2) is 18.2 Å². The molecule has 0 aliphatic rings. The smallest absolute Gasteiger partial charge is 0.411 e. The zero-order valence-corrected chi connectivity index (χ0v) is 10.2. The van der Waals surface area contributed by atoms with Gasteiger partial charge in [-0.2, -0.15) is 13.2 Å². The number of carbonyl (C=O) groups is 1. The number of carbonyl (C=O) groups excluding carboxylic acids is 1. The molecule has 0 aliphatic carbocycles. The van der Waals surface area contributed by atoms with Crippen molar-refractivity contribution >= 4 is 6.29 Å². The van der Waals surface area contributed by atoms with Gasteiger partial charge in [-0.15, -0.1) is 0 Å². The van der Waals surface area contributed by atoms with Gasteiger partial charge < -0.3 is 14.2 Å². The molecular formula is C12H13F3O4. The summed E-state index contributed by atoms with van der Waals surface area (Å²) in [6.45, 7) is -1.61. The fourth-order valence-corrected chi connectivity index (χ4v) is 1.28. The van der Waals surface area contributed by atoms with Gasteiger partial charge in [0.2, 0.25) is 0 Å². The molecule has 0 heterocycles. The first-order valence-corrected chi connectivity index (χ1v) is 5.37. The third kappa shape index (κ3) is 5.60. The monoisotopic (exact) mass is 278 g/mol. The molecule has 0 unspecified atom stereocenters. The van der Waals surface area contributed by atoms with Crippen molar-refractivity contribution in [1.82, 2.24) is 0 Å². The van der Waals surface area contributed by atoms with Gasteiger partial charge in [-0.1, -0.05) is 0 Å². The molecular weight excluding hydrogens is 265 g/mol. The molecule has 4 nitrogen and oxygen atoms in total. The maximum Gasteiger partial charge on any atom is 0.411 e. The summed E-state index contributed by atoms with van der Waals surface area (Å²) in [7, 11) is 1.42. The second-order valence-electron chi connectivity index (χ2n) is 3.54. The third-order valence-electron chi connectivity index (χ3n) is 2.07. The summed E-state index contributed by atoms with van der Waals surface area (Å²) in [4.78, 5) is 10.6. The predicted octanol–water partition coefficient (Wildman–Crippen LogP) is 2.47. The summed E-state index contributed by atoms with van der Waals surface area (Å²) in [6, 6.07) is 4.52. The summed E-state index contributed by atoms with van der Waals surface area (Å²) in [5.41, 5.74) is 0.381. The van der Waals surface area contributed by atoms with Crippen LogP contribution in [0.1, 0.15) is 10.4 Å². The maximum atomic E-state index is 11.8. The van der Waals surface area contributed by atoms with E-state index in [2.05, 4.69) is 4.74 Å². The van der Waals surface area contributed by atoms with Crippen LogP contribution in [-0.2, 0) is 4.74 Å². The van der Waals surface area contributed by atoms with Crippen LogP contribution in [0.5, 0.6) is 11.5 Å². The molecule has 0 bridgehead atoms. The number of hydrogen-bond acceptors (Lipinski definition) is 4. The number of methoxy groups -OCH3 is 1. The van der Waals surface area contributed by atoms with Crippen LogP contribution in [0.2, 0.25) is 0 Å². The Labute approximate surface area is 108 Å². The highest BCUT2D eigenvalue weighted by Crippen LogP contribution is 2.27. The fraction of sp³-hybridized carbons (Fsp3) is 0.417.